The molecule has 0 bridgehead atoms. The molecule has 5 nitrogen and oxygen atoms in total. The molecule has 1 atom stereocenters. The van der Waals surface area contributed by atoms with Crippen LogP contribution in [0, 0.1) is 30.6 Å². The van der Waals surface area contributed by atoms with Gasteiger partial charge in [-0.15, -0.1) is 0 Å². The number of aryl methyl sites for hydroxylation is 2. The lowest BCUT2D eigenvalue weighted by Gasteiger charge is -2.44. The van der Waals surface area contributed by atoms with Crippen molar-refractivity contribution in [2.24, 2.45) is 11.1 Å². The number of Topliss-reactive ketones (excluding diaryl/α,β-unsaturated/α-hetero) is 1. The van der Waals surface area contributed by atoms with E-state index in [1.807, 2.05) is 55.1 Å². The number of hydrogen-bond donors (Lipinski definition) is 1. The summed E-state index contributed by atoms with van der Waals surface area (Å²) in [7, 11) is 0. The van der Waals surface area contributed by atoms with Gasteiger partial charge in [-0.05, 0) is 100 Å². The first-order chi connectivity index (χ1) is 19.0. The number of nitrogens with two attached hydrogens (primary N) is 1. The van der Waals surface area contributed by atoms with E-state index >= 15 is 0 Å². The molecule has 3 aromatic rings. The number of halogens is 2. The number of ketones is 1. The molecule has 5 rings (SSSR count). The molecular weight excluding hydrogens is 586 g/mol. The molecule has 3 aromatic carbocycles. The number of ether oxygens (including phenoxy) is 1. The fourth-order valence-electron chi connectivity index (χ4n) is 5.80. The third kappa shape index (κ3) is 5.16. The second-order valence-corrected chi connectivity index (χ2v) is 12.6. The molecule has 7 heteroatoms. The number of para-hydroxylation sites is 1. The lowest BCUT2D eigenvalue weighted by Crippen LogP contribution is -2.42. The predicted molar refractivity (Wildman–Crippen MR) is 163 cm³/mol. The highest BCUT2D eigenvalue weighted by atomic mass is 79.9. The molecule has 2 N–H and O–H groups in total. The summed E-state index contributed by atoms with van der Waals surface area (Å²) in [6.07, 6.45) is 1.06. The standard InChI is InChI=1S/C33H31BrClN3O2/c1-19-13-20(2)24(14-21(19)18-40-23-11-9-22(35)10-12-23)30-25(17-36)32(37)38(27-8-6-5-7-26(27)34)28-15-33(3,4)16-29(39)31(28)30/h5-14,30H,15-16,18,37H2,1-4H3. The van der Waals surface area contributed by atoms with Gasteiger partial charge in [-0.25, -0.2) is 0 Å². The maximum absolute atomic E-state index is 14.0. The van der Waals surface area contributed by atoms with Gasteiger partial charge in [0.1, 0.15) is 18.2 Å². The van der Waals surface area contributed by atoms with Crippen molar-refractivity contribution in [3.8, 4) is 11.8 Å². The second kappa shape index (κ2) is 10.8. The highest BCUT2D eigenvalue weighted by molar-refractivity contribution is 9.10. The molecule has 1 aliphatic heterocycles. The fraction of sp³-hybridized carbons (Fsp3) is 0.273. The number of nitrogens with zero attached hydrogens (tertiary/aromatic N) is 2. The van der Waals surface area contributed by atoms with E-state index in [9.17, 15) is 10.1 Å². The maximum atomic E-state index is 14.0. The van der Waals surface area contributed by atoms with Crippen LogP contribution in [0.25, 0.3) is 0 Å². The quantitative estimate of drug-likeness (QED) is 0.312. The highest BCUT2D eigenvalue weighted by Gasteiger charge is 2.45. The van der Waals surface area contributed by atoms with E-state index in [1.165, 1.54) is 0 Å². The third-order valence-electron chi connectivity index (χ3n) is 7.72. The van der Waals surface area contributed by atoms with Gasteiger partial charge in [0.2, 0.25) is 0 Å². The van der Waals surface area contributed by atoms with Crippen molar-refractivity contribution in [1.29, 1.82) is 5.26 Å². The molecule has 2 aliphatic rings. The van der Waals surface area contributed by atoms with Gasteiger partial charge < -0.3 is 10.5 Å². The van der Waals surface area contributed by atoms with Crippen molar-refractivity contribution in [2.45, 2.75) is 53.1 Å². The summed E-state index contributed by atoms with van der Waals surface area (Å²) in [5, 5.41) is 11.1. The molecule has 1 unspecified atom stereocenters. The number of rotatable bonds is 5. The Morgan fingerprint density at radius 2 is 1.80 bits per heavy atom. The van der Waals surface area contributed by atoms with E-state index in [1.54, 1.807) is 12.1 Å². The van der Waals surface area contributed by atoms with Gasteiger partial charge in [0, 0.05) is 27.2 Å². The molecule has 0 saturated carbocycles. The summed E-state index contributed by atoms with van der Waals surface area (Å²) >= 11 is 9.69. The summed E-state index contributed by atoms with van der Waals surface area (Å²) in [6.45, 7) is 8.61. The first-order valence-electron chi connectivity index (χ1n) is 13.2. The first kappa shape index (κ1) is 28.0. The number of benzene rings is 3. The molecule has 0 spiro atoms. The number of carbonyl (C=O) groups is 1. The van der Waals surface area contributed by atoms with E-state index in [-0.39, 0.29) is 11.2 Å². The number of nitriles is 1. The summed E-state index contributed by atoms with van der Waals surface area (Å²) in [4.78, 5) is 15.9. The molecule has 0 radical (unpaired) electrons. The Bertz CT molecular complexity index is 1620. The van der Waals surface area contributed by atoms with Gasteiger partial charge in [-0.3, -0.25) is 9.69 Å². The normalized spacial score (nSPS) is 18.5. The Labute approximate surface area is 249 Å². The number of allylic oxidation sites excluding steroid dienone is 3. The Hall–Kier alpha value is -3.53. The van der Waals surface area contributed by atoms with Crippen LogP contribution in [0.1, 0.15) is 54.9 Å². The predicted octanol–water partition coefficient (Wildman–Crippen LogP) is 8.24. The zero-order chi connectivity index (χ0) is 28.8. The van der Waals surface area contributed by atoms with E-state index < -0.39 is 5.92 Å². The monoisotopic (exact) mass is 615 g/mol. The average molecular weight is 617 g/mol. The van der Waals surface area contributed by atoms with Crippen molar-refractivity contribution in [1.82, 2.24) is 0 Å². The van der Waals surface area contributed by atoms with Crippen molar-refractivity contribution < 1.29 is 9.53 Å². The topological polar surface area (TPSA) is 79.4 Å². The van der Waals surface area contributed by atoms with Crippen LogP contribution >= 0.6 is 27.5 Å². The SMILES string of the molecule is Cc1cc(C)c(C2C(C#N)=C(N)N(c3ccccc3Br)C3=C2C(=O)CC(C)(C)C3)cc1COc1ccc(Cl)cc1. The van der Waals surface area contributed by atoms with Gasteiger partial charge in [-0.2, -0.15) is 5.26 Å². The van der Waals surface area contributed by atoms with E-state index in [2.05, 4.69) is 48.0 Å². The van der Waals surface area contributed by atoms with Crippen LogP contribution in [-0.4, -0.2) is 5.78 Å². The number of carbonyl (C=O) groups excluding carboxylic acids is 1. The molecule has 40 heavy (non-hydrogen) atoms. The van der Waals surface area contributed by atoms with Crippen LogP contribution in [0.15, 0.2) is 87.8 Å². The molecule has 1 aliphatic carbocycles. The number of hydrogen-bond acceptors (Lipinski definition) is 5. The zero-order valence-electron chi connectivity index (χ0n) is 23.0. The Morgan fingerprint density at radius 3 is 2.48 bits per heavy atom. The second-order valence-electron chi connectivity index (χ2n) is 11.3. The Morgan fingerprint density at radius 1 is 1.10 bits per heavy atom. The lowest BCUT2D eigenvalue weighted by atomic mass is 9.68. The maximum Gasteiger partial charge on any atom is 0.162 e. The van der Waals surface area contributed by atoms with Crippen LogP contribution in [0.5, 0.6) is 5.75 Å². The van der Waals surface area contributed by atoms with Crippen LogP contribution in [0.3, 0.4) is 0 Å². The Kier molecular flexibility index (Phi) is 7.56. The van der Waals surface area contributed by atoms with Crippen molar-refractivity contribution >= 4 is 39.0 Å². The van der Waals surface area contributed by atoms with Gasteiger partial charge in [0.25, 0.3) is 0 Å². The summed E-state index contributed by atoms with van der Waals surface area (Å²) in [6, 6.07) is 21.6. The van der Waals surface area contributed by atoms with Crippen molar-refractivity contribution in [3.63, 3.8) is 0 Å². The summed E-state index contributed by atoms with van der Waals surface area (Å²) < 4.78 is 6.91. The van der Waals surface area contributed by atoms with Gasteiger partial charge in [-0.1, -0.05) is 49.7 Å². The minimum absolute atomic E-state index is 0.0486. The van der Waals surface area contributed by atoms with Crippen LogP contribution < -0.4 is 15.4 Å². The van der Waals surface area contributed by atoms with E-state index in [4.69, 9.17) is 22.1 Å². The molecule has 1 heterocycles. The number of anilines is 1. The first-order valence-corrected chi connectivity index (χ1v) is 14.4. The minimum Gasteiger partial charge on any atom is -0.489 e. The average Bonchev–Trinajstić information content (AvgIpc) is 2.89. The minimum atomic E-state index is -0.558. The van der Waals surface area contributed by atoms with Crippen molar-refractivity contribution in [2.75, 3.05) is 4.90 Å². The van der Waals surface area contributed by atoms with Crippen LogP contribution in [0.4, 0.5) is 5.69 Å². The molecule has 204 valence electrons. The molecule has 0 amide bonds. The van der Waals surface area contributed by atoms with Gasteiger partial charge >= 0.3 is 0 Å². The summed E-state index contributed by atoms with van der Waals surface area (Å²) in [5.41, 5.74) is 13.2. The molecule has 0 fully saturated rings. The smallest absolute Gasteiger partial charge is 0.162 e. The summed E-state index contributed by atoms with van der Waals surface area (Å²) in [5.74, 6) is 0.552. The van der Waals surface area contributed by atoms with Gasteiger partial charge in [0.05, 0.1) is 23.2 Å². The highest BCUT2D eigenvalue weighted by Crippen LogP contribution is 2.51. The lowest BCUT2D eigenvalue weighted by molar-refractivity contribution is -0.118. The largest absolute Gasteiger partial charge is 0.489 e. The van der Waals surface area contributed by atoms with E-state index in [0.717, 1.165) is 38.1 Å². The van der Waals surface area contributed by atoms with Crippen molar-refractivity contribution in [3.05, 3.63) is 115 Å². The van der Waals surface area contributed by atoms with Crippen LogP contribution in [-0.2, 0) is 11.4 Å². The van der Waals surface area contributed by atoms with Gasteiger partial charge in [0.15, 0.2) is 5.78 Å². The molecule has 0 saturated heterocycles. The van der Waals surface area contributed by atoms with Crippen LogP contribution in [0.2, 0.25) is 5.02 Å². The molecule has 0 aromatic heterocycles. The molecular formula is C33H31BrClN3O2. The zero-order valence-corrected chi connectivity index (χ0v) is 25.4. The van der Waals surface area contributed by atoms with E-state index in [0.29, 0.717) is 47.2 Å². The third-order valence-corrected chi connectivity index (χ3v) is 8.64. The fourth-order valence-corrected chi connectivity index (χ4v) is 6.39. The Balaban J connectivity index is 1.67.